The van der Waals surface area contributed by atoms with Crippen LogP contribution in [0.4, 0.5) is 0 Å². The largest absolute Gasteiger partial charge is 0.475 e. The van der Waals surface area contributed by atoms with E-state index in [1.807, 2.05) is 31.2 Å². The first-order valence-electron chi connectivity index (χ1n) is 5.06. The molecule has 0 unspecified atom stereocenters. The first kappa shape index (κ1) is 11.8. The molecule has 0 aliphatic carbocycles. The second-order valence-electron chi connectivity index (χ2n) is 3.39. The Labute approximate surface area is 106 Å². The molecular weight excluding hydrogens is 286 g/mol. The third kappa shape index (κ3) is 2.36. The van der Waals surface area contributed by atoms with Crippen molar-refractivity contribution in [2.75, 3.05) is 0 Å². The van der Waals surface area contributed by atoms with Gasteiger partial charge in [-0.25, -0.2) is 14.5 Å². The lowest BCUT2D eigenvalue weighted by Crippen LogP contribution is -2.09. The number of aromatic carboxylic acids is 1. The zero-order valence-electron chi connectivity index (χ0n) is 9.09. The zero-order chi connectivity index (χ0) is 12.4. The fourth-order valence-electron chi connectivity index (χ4n) is 1.47. The summed E-state index contributed by atoms with van der Waals surface area (Å²) in [5, 5.41) is 13.1. The Hall–Kier alpha value is -1.69. The molecule has 6 heteroatoms. The number of halogens is 1. The van der Waals surface area contributed by atoms with E-state index < -0.39 is 5.97 Å². The highest BCUT2D eigenvalue weighted by Crippen LogP contribution is 2.20. The van der Waals surface area contributed by atoms with Gasteiger partial charge in [-0.05, 0) is 19.1 Å². The summed E-state index contributed by atoms with van der Waals surface area (Å²) >= 11 is 3.35. The van der Waals surface area contributed by atoms with E-state index in [1.165, 1.54) is 4.68 Å². The van der Waals surface area contributed by atoms with Gasteiger partial charge in [0.15, 0.2) is 5.82 Å². The fourth-order valence-corrected chi connectivity index (χ4v) is 1.87. The van der Waals surface area contributed by atoms with Gasteiger partial charge < -0.3 is 5.11 Å². The van der Waals surface area contributed by atoms with Crippen LogP contribution >= 0.6 is 15.9 Å². The molecule has 17 heavy (non-hydrogen) atoms. The van der Waals surface area contributed by atoms with Gasteiger partial charge in [0.2, 0.25) is 5.82 Å². The molecule has 0 radical (unpaired) electrons. The van der Waals surface area contributed by atoms with Crippen molar-refractivity contribution >= 4 is 21.9 Å². The summed E-state index contributed by atoms with van der Waals surface area (Å²) in [5.74, 6) is -0.686. The van der Waals surface area contributed by atoms with Gasteiger partial charge in [-0.15, -0.1) is 0 Å². The molecule has 2 aromatic rings. The van der Waals surface area contributed by atoms with Crippen LogP contribution < -0.4 is 0 Å². The quantitative estimate of drug-likeness (QED) is 0.944. The summed E-state index contributed by atoms with van der Waals surface area (Å²) in [7, 11) is 0. The summed E-state index contributed by atoms with van der Waals surface area (Å²) in [5.41, 5.74) is 0.786. The lowest BCUT2D eigenvalue weighted by Gasteiger charge is -1.96. The lowest BCUT2D eigenvalue weighted by molar-refractivity contribution is 0.0676. The van der Waals surface area contributed by atoms with E-state index in [0.717, 1.165) is 10.0 Å². The van der Waals surface area contributed by atoms with Gasteiger partial charge in [-0.3, -0.25) is 0 Å². The van der Waals surface area contributed by atoms with Crippen molar-refractivity contribution in [2.24, 2.45) is 0 Å². The molecule has 2 rings (SSSR count). The van der Waals surface area contributed by atoms with E-state index in [4.69, 9.17) is 5.11 Å². The maximum absolute atomic E-state index is 11.0. The Bertz CT molecular complexity index is 566. The first-order valence-corrected chi connectivity index (χ1v) is 5.85. The molecule has 1 N–H and O–H groups in total. The smallest absolute Gasteiger partial charge is 0.373 e. The topological polar surface area (TPSA) is 68.0 Å². The summed E-state index contributed by atoms with van der Waals surface area (Å²) in [4.78, 5) is 15.0. The molecular formula is C11H10BrN3O2. The van der Waals surface area contributed by atoms with Crippen LogP contribution in [0.3, 0.4) is 0 Å². The lowest BCUT2D eigenvalue weighted by atomic mass is 10.2. The molecule has 0 atom stereocenters. The molecule has 0 spiro atoms. The minimum Gasteiger partial charge on any atom is -0.475 e. The predicted molar refractivity (Wildman–Crippen MR) is 65.8 cm³/mol. The molecule has 5 nitrogen and oxygen atoms in total. The molecule has 0 bridgehead atoms. The number of rotatable bonds is 3. The fraction of sp³-hybridized carbons (Fsp3) is 0.182. The van der Waals surface area contributed by atoms with Gasteiger partial charge in [0.1, 0.15) is 0 Å². The number of hydrogen-bond acceptors (Lipinski definition) is 3. The van der Waals surface area contributed by atoms with Gasteiger partial charge in [0.05, 0.1) is 0 Å². The Morgan fingerprint density at radius 1 is 1.53 bits per heavy atom. The number of nitrogens with zero attached hydrogens (tertiary/aromatic N) is 3. The van der Waals surface area contributed by atoms with E-state index in [1.54, 1.807) is 0 Å². The molecule has 1 heterocycles. The van der Waals surface area contributed by atoms with Gasteiger partial charge in [-0.1, -0.05) is 28.1 Å². The number of aromatic nitrogens is 3. The molecule has 0 amide bonds. The van der Waals surface area contributed by atoms with E-state index in [-0.39, 0.29) is 5.82 Å². The standard InChI is InChI=1S/C11H10BrN3O2/c1-2-15-10(11(16)17)13-9(14-15)7-4-3-5-8(12)6-7/h3-6H,2H2,1H3,(H,16,17). The second-order valence-corrected chi connectivity index (χ2v) is 4.31. The summed E-state index contributed by atoms with van der Waals surface area (Å²) in [6, 6.07) is 7.43. The molecule has 1 aromatic carbocycles. The van der Waals surface area contributed by atoms with Gasteiger partial charge in [0, 0.05) is 16.6 Å². The number of carbonyl (C=O) groups is 1. The van der Waals surface area contributed by atoms with E-state index in [2.05, 4.69) is 26.0 Å². The Kier molecular flexibility index (Phi) is 3.23. The second kappa shape index (κ2) is 4.67. The maximum Gasteiger partial charge on any atom is 0.373 e. The van der Waals surface area contributed by atoms with Crippen LogP contribution in [0.1, 0.15) is 17.5 Å². The van der Waals surface area contributed by atoms with Crippen LogP contribution in [0.5, 0.6) is 0 Å². The van der Waals surface area contributed by atoms with Crippen molar-refractivity contribution in [2.45, 2.75) is 13.5 Å². The van der Waals surface area contributed by atoms with Crippen molar-refractivity contribution in [1.82, 2.24) is 14.8 Å². The molecule has 0 saturated heterocycles. The van der Waals surface area contributed by atoms with Crippen molar-refractivity contribution in [1.29, 1.82) is 0 Å². The molecule has 0 aliphatic heterocycles. The van der Waals surface area contributed by atoms with Crippen LogP contribution in [0.15, 0.2) is 28.7 Å². The van der Waals surface area contributed by atoms with Crippen LogP contribution in [-0.2, 0) is 6.54 Å². The van der Waals surface area contributed by atoms with Gasteiger partial charge >= 0.3 is 5.97 Å². The molecule has 0 saturated carbocycles. The summed E-state index contributed by atoms with van der Waals surface area (Å²) in [6.45, 7) is 2.30. The number of carboxylic acids is 1. The van der Waals surface area contributed by atoms with Crippen molar-refractivity contribution in [3.63, 3.8) is 0 Å². The Morgan fingerprint density at radius 3 is 2.82 bits per heavy atom. The highest BCUT2D eigenvalue weighted by molar-refractivity contribution is 9.10. The van der Waals surface area contributed by atoms with Crippen LogP contribution in [0.2, 0.25) is 0 Å². The number of aryl methyl sites for hydroxylation is 1. The SMILES string of the molecule is CCn1nc(-c2cccc(Br)c2)nc1C(=O)O. The van der Waals surface area contributed by atoms with Crippen molar-refractivity contribution in [3.05, 3.63) is 34.6 Å². The van der Waals surface area contributed by atoms with E-state index >= 15 is 0 Å². The third-order valence-electron chi connectivity index (χ3n) is 2.25. The minimum atomic E-state index is -1.07. The highest BCUT2D eigenvalue weighted by atomic mass is 79.9. The minimum absolute atomic E-state index is 0.0394. The van der Waals surface area contributed by atoms with E-state index in [0.29, 0.717) is 12.4 Å². The molecule has 1 aromatic heterocycles. The maximum atomic E-state index is 11.0. The normalized spacial score (nSPS) is 10.5. The molecule has 88 valence electrons. The van der Waals surface area contributed by atoms with Crippen LogP contribution in [0, 0.1) is 0 Å². The average Bonchev–Trinajstić information content (AvgIpc) is 2.73. The number of hydrogen-bond donors (Lipinski definition) is 1. The van der Waals surface area contributed by atoms with Crippen LogP contribution in [0.25, 0.3) is 11.4 Å². The summed E-state index contributed by atoms with van der Waals surface area (Å²) < 4.78 is 2.28. The Morgan fingerprint density at radius 2 is 2.29 bits per heavy atom. The first-order chi connectivity index (χ1) is 8.11. The van der Waals surface area contributed by atoms with Crippen molar-refractivity contribution in [3.8, 4) is 11.4 Å². The summed E-state index contributed by atoms with van der Waals surface area (Å²) in [6.07, 6.45) is 0. The average molecular weight is 296 g/mol. The zero-order valence-corrected chi connectivity index (χ0v) is 10.7. The van der Waals surface area contributed by atoms with Crippen LogP contribution in [-0.4, -0.2) is 25.8 Å². The van der Waals surface area contributed by atoms with Crippen molar-refractivity contribution < 1.29 is 9.90 Å². The van der Waals surface area contributed by atoms with Gasteiger partial charge in [-0.2, -0.15) is 5.10 Å². The molecule has 0 aliphatic rings. The monoisotopic (exact) mass is 295 g/mol. The number of carboxylic acid groups (broad SMARTS) is 1. The van der Waals surface area contributed by atoms with Gasteiger partial charge in [0.25, 0.3) is 0 Å². The highest BCUT2D eigenvalue weighted by Gasteiger charge is 2.16. The molecule has 0 fully saturated rings. The van der Waals surface area contributed by atoms with E-state index in [9.17, 15) is 4.79 Å². The third-order valence-corrected chi connectivity index (χ3v) is 2.74. The number of benzene rings is 1. The predicted octanol–water partition coefficient (Wildman–Crippen LogP) is 2.43. The Balaban J connectivity index is 2.50.